The van der Waals surface area contributed by atoms with Gasteiger partial charge in [-0.25, -0.2) is 0 Å². The molecule has 3 amide bonds. The molecular weight excluding hydrogens is 370 g/mol. The van der Waals surface area contributed by atoms with E-state index in [4.69, 9.17) is 4.74 Å². The normalized spacial score (nSPS) is 26.3. The van der Waals surface area contributed by atoms with E-state index in [0.29, 0.717) is 19.8 Å². The van der Waals surface area contributed by atoms with Crippen molar-refractivity contribution < 1.29 is 19.1 Å². The van der Waals surface area contributed by atoms with E-state index in [1.165, 1.54) is 4.90 Å². The second-order valence-electron chi connectivity index (χ2n) is 8.14. The molecule has 0 bridgehead atoms. The summed E-state index contributed by atoms with van der Waals surface area (Å²) in [6.45, 7) is 3.23. The van der Waals surface area contributed by atoms with Crippen LogP contribution in [-0.2, 0) is 19.1 Å². The molecule has 3 fully saturated rings. The maximum absolute atomic E-state index is 12.6. The fraction of sp³-hybridized carbons (Fsp3) is 0.591. The monoisotopic (exact) mass is 399 g/mol. The number of benzene rings is 1. The molecule has 3 atom stereocenters. The minimum absolute atomic E-state index is 0.0385. The molecule has 1 aliphatic carbocycles. The molecule has 4 rings (SSSR count). The van der Waals surface area contributed by atoms with Gasteiger partial charge in [-0.2, -0.15) is 0 Å². The average molecular weight is 399 g/mol. The van der Waals surface area contributed by atoms with Crippen molar-refractivity contribution in [1.29, 1.82) is 0 Å². The predicted octanol–water partition coefficient (Wildman–Crippen LogP) is 1.35. The molecule has 7 nitrogen and oxygen atoms in total. The van der Waals surface area contributed by atoms with Gasteiger partial charge in [-0.1, -0.05) is 43.2 Å². The Balaban J connectivity index is 1.38. The number of carbonyl (C=O) groups excluding carboxylic acids is 3. The van der Waals surface area contributed by atoms with Crippen molar-refractivity contribution in [2.24, 2.45) is 11.8 Å². The molecule has 2 saturated heterocycles. The fourth-order valence-electron chi connectivity index (χ4n) is 4.82. The highest BCUT2D eigenvalue weighted by Gasteiger charge is 2.48. The maximum atomic E-state index is 12.6. The lowest BCUT2D eigenvalue weighted by molar-refractivity contribution is -0.143. The number of likely N-dealkylation sites (tertiary alicyclic amines) is 1. The third-order valence-electron chi connectivity index (χ3n) is 6.40. The van der Waals surface area contributed by atoms with E-state index in [0.717, 1.165) is 44.3 Å². The van der Waals surface area contributed by atoms with Crippen LogP contribution in [0.4, 0.5) is 0 Å². The van der Waals surface area contributed by atoms with Gasteiger partial charge in [0.25, 0.3) is 0 Å². The average Bonchev–Trinajstić information content (AvgIpc) is 3.00. The number of morpholine rings is 1. The van der Waals surface area contributed by atoms with Crippen LogP contribution in [0, 0.1) is 11.8 Å². The van der Waals surface area contributed by atoms with E-state index in [1.54, 1.807) is 0 Å². The number of fused-ring (bicyclic) bond motifs is 1. The topological polar surface area (TPSA) is 79.0 Å². The van der Waals surface area contributed by atoms with Crippen molar-refractivity contribution in [3.05, 3.63) is 35.9 Å². The number of imide groups is 1. The third kappa shape index (κ3) is 4.36. The molecule has 7 heteroatoms. The van der Waals surface area contributed by atoms with Gasteiger partial charge < -0.3 is 10.1 Å². The highest BCUT2D eigenvalue weighted by atomic mass is 16.5. The van der Waals surface area contributed by atoms with Crippen molar-refractivity contribution in [2.75, 3.05) is 39.4 Å². The Hall–Kier alpha value is -2.25. The molecule has 1 N–H and O–H groups in total. The van der Waals surface area contributed by atoms with E-state index in [9.17, 15) is 14.4 Å². The summed E-state index contributed by atoms with van der Waals surface area (Å²) >= 11 is 0. The number of carbonyl (C=O) groups is 3. The molecule has 0 aromatic heterocycles. The van der Waals surface area contributed by atoms with Crippen molar-refractivity contribution in [3.63, 3.8) is 0 Å². The van der Waals surface area contributed by atoms with Gasteiger partial charge in [-0.15, -0.1) is 0 Å². The molecule has 2 heterocycles. The fourth-order valence-corrected chi connectivity index (χ4v) is 4.82. The summed E-state index contributed by atoms with van der Waals surface area (Å²) in [5.41, 5.74) is 1.13. The van der Waals surface area contributed by atoms with Gasteiger partial charge in [-0.3, -0.25) is 24.2 Å². The highest BCUT2D eigenvalue weighted by Crippen LogP contribution is 2.37. The summed E-state index contributed by atoms with van der Waals surface area (Å²) in [5, 5.41) is 2.96. The maximum Gasteiger partial charge on any atom is 0.240 e. The van der Waals surface area contributed by atoms with Gasteiger partial charge in [0, 0.05) is 19.6 Å². The second-order valence-corrected chi connectivity index (χ2v) is 8.14. The minimum Gasteiger partial charge on any atom is -0.379 e. The molecule has 29 heavy (non-hydrogen) atoms. The summed E-state index contributed by atoms with van der Waals surface area (Å²) in [6.07, 6.45) is 3.50. The molecule has 156 valence electrons. The Morgan fingerprint density at radius 3 is 2.28 bits per heavy atom. The molecule has 0 radical (unpaired) electrons. The number of amides is 3. The van der Waals surface area contributed by atoms with E-state index in [2.05, 4.69) is 22.3 Å². The lowest BCUT2D eigenvalue weighted by Gasteiger charge is -2.35. The second kappa shape index (κ2) is 9.05. The Bertz CT molecular complexity index is 724. The van der Waals surface area contributed by atoms with Crippen LogP contribution in [0.15, 0.2) is 30.3 Å². The van der Waals surface area contributed by atoms with E-state index >= 15 is 0 Å². The first-order valence-corrected chi connectivity index (χ1v) is 10.6. The van der Waals surface area contributed by atoms with Gasteiger partial charge in [0.05, 0.1) is 31.1 Å². The summed E-state index contributed by atoms with van der Waals surface area (Å²) in [5.74, 6) is -1.03. The molecule has 3 aliphatic rings. The number of hydrogen-bond acceptors (Lipinski definition) is 5. The first-order valence-electron chi connectivity index (χ1n) is 10.6. The minimum atomic E-state index is -0.278. The van der Waals surface area contributed by atoms with Crippen LogP contribution < -0.4 is 5.32 Å². The summed E-state index contributed by atoms with van der Waals surface area (Å²) in [4.78, 5) is 41.3. The van der Waals surface area contributed by atoms with E-state index in [-0.39, 0.29) is 42.1 Å². The van der Waals surface area contributed by atoms with Gasteiger partial charge in [0.2, 0.25) is 17.7 Å². The molecule has 0 spiro atoms. The Kier molecular flexibility index (Phi) is 6.25. The van der Waals surface area contributed by atoms with Gasteiger partial charge in [0.15, 0.2) is 0 Å². The highest BCUT2D eigenvalue weighted by molar-refractivity contribution is 6.07. The zero-order valence-corrected chi connectivity index (χ0v) is 16.7. The Morgan fingerprint density at radius 1 is 1.03 bits per heavy atom. The van der Waals surface area contributed by atoms with Crippen LogP contribution in [0.3, 0.4) is 0 Å². The number of nitrogens with zero attached hydrogens (tertiary/aromatic N) is 2. The smallest absolute Gasteiger partial charge is 0.240 e. The molecule has 1 aromatic rings. The predicted molar refractivity (Wildman–Crippen MR) is 107 cm³/mol. The van der Waals surface area contributed by atoms with Gasteiger partial charge in [-0.05, 0) is 18.4 Å². The SMILES string of the molecule is O=C(CN1C(=O)[C@@H]2CCCC[C@H]2C1=O)NC[C@H](c1ccccc1)N1CCOCC1. The molecule has 2 aliphatic heterocycles. The largest absolute Gasteiger partial charge is 0.379 e. The van der Waals surface area contributed by atoms with Crippen molar-refractivity contribution >= 4 is 17.7 Å². The number of hydrogen-bond donors (Lipinski definition) is 1. The number of ether oxygens (including phenoxy) is 1. The molecular formula is C22H29N3O4. The zero-order valence-electron chi connectivity index (χ0n) is 16.7. The van der Waals surface area contributed by atoms with Gasteiger partial charge >= 0.3 is 0 Å². The van der Waals surface area contributed by atoms with Crippen LogP contribution >= 0.6 is 0 Å². The molecule has 0 unspecified atom stereocenters. The Labute approximate surface area is 171 Å². The summed E-state index contributed by atoms with van der Waals surface area (Å²) < 4.78 is 5.46. The van der Waals surface area contributed by atoms with Crippen LogP contribution in [0.5, 0.6) is 0 Å². The van der Waals surface area contributed by atoms with Gasteiger partial charge in [0.1, 0.15) is 6.54 Å². The molecule has 1 aromatic carbocycles. The van der Waals surface area contributed by atoms with Crippen LogP contribution in [0.1, 0.15) is 37.3 Å². The third-order valence-corrected chi connectivity index (χ3v) is 6.40. The van der Waals surface area contributed by atoms with Crippen LogP contribution in [-0.4, -0.2) is 66.9 Å². The lowest BCUT2D eigenvalue weighted by atomic mass is 9.81. The quantitative estimate of drug-likeness (QED) is 0.731. The standard InChI is InChI=1S/C22H29N3O4/c26-20(15-25-21(27)17-8-4-5-9-18(17)22(25)28)23-14-19(16-6-2-1-3-7-16)24-10-12-29-13-11-24/h1-3,6-7,17-19H,4-5,8-15H2,(H,23,26)/t17-,18-,19-/m1/s1. The van der Waals surface area contributed by atoms with Crippen molar-refractivity contribution in [3.8, 4) is 0 Å². The lowest BCUT2D eigenvalue weighted by Crippen LogP contribution is -2.46. The first kappa shape index (κ1) is 20.0. The number of rotatable bonds is 6. The van der Waals surface area contributed by atoms with Crippen molar-refractivity contribution in [2.45, 2.75) is 31.7 Å². The number of nitrogens with one attached hydrogen (secondary N) is 1. The molecule has 1 saturated carbocycles. The van der Waals surface area contributed by atoms with Crippen molar-refractivity contribution in [1.82, 2.24) is 15.1 Å². The van der Waals surface area contributed by atoms with Crippen LogP contribution in [0.25, 0.3) is 0 Å². The Morgan fingerprint density at radius 2 is 1.66 bits per heavy atom. The first-order chi connectivity index (χ1) is 14.1. The van der Waals surface area contributed by atoms with Crippen LogP contribution in [0.2, 0.25) is 0 Å². The summed E-state index contributed by atoms with van der Waals surface area (Å²) in [7, 11) is 0. The summed E-state index contributed by atoms with van der Waals surface area (Å²) in [6, 6.07) is 10.1. The van der Waals surface area contributed by atoms with E-state index < -0.39 is 0 Å². The van der Waals surface area contributed by atoms with E-state index in [1.807, 2.05) is 18.2 Å². The zero-order chi connectivity index (χ0) is 20.2.